The first-order chi connectivity index (χ1) is 12.9. The standard InChI is InChI=1S/C20H15F2N3O2/c1-12(26)13-3-2-4-16(7-13)25-20(27)14-8-17(11-23-10-14)24-19-6-5-15(21)9-18(19)22/h2-11,24H,1H3,(H,25,27). The van der Waals surface area contributed by atoms with Crippen LogP contribution in [-0.4, -0.2) is 16.7 Å². The van der Waals surface area contributed by atoms with E-state index in [-0.39, 0.29) is 17.0 Å². The number of carbonyl (C=O) groups is 2. The van der Waals surface area contributed by atoms with Gasteiger partial charge in [0.1, 0.15) is 11.6 Å². The fourth-order valence-electron chi connectivity index (χ4n) is 2.40. The number of nitrogens with one attached hydrogen (secondary N) is 2. The van der Waals surface area contributed by atoms with Gasteiger partial charge >= 0.3 is 0 Å². The van der Waals surface area contributed by atoms with Crippen LogP contribution >= 0.6 is 0 Å². The molecular weight excluding hydrogens is 352 g/mol. The van der Waals surface area contributed by atoms with Gasteiger partial charge in [-0.2, -0.15) is 0 Å². The van der Waals surface area contributed by atoms with E-state index >= 15 is 0 Å². The van der Waals surface area contributed by atoms with Crippen LogP contribution in [0.1, 0.15) is 27.6 Å². The van der Waals surface area contributed by atoms with Crippen molar-refractivity contribution in [2.24, 2.45) is 0 Å². The van der Waals surface area contributed by atoms with Crippen LogP contribution in [0, 0.1) is 11.6 Å². The molecule has 3 aromatic rings. The van der Waals surface area contributed by atoms with Crippen LogP contribution in [0.25, 0.3) is 0 Å². The van der Waals surface area contributed by atoms with Gasteiger partial charge in [-0.05, 0) is 37.3 Å². The Morgan fingerprint density at radius 2 is 1.70 bits per heavy atom. The third kappa shape index (κ3) is 4.52. The summed E-state index contributed by atoms with van der Waals surface area (Å²) in [5, 5.41) is 5.43. The van der Waals surface area contributed by atoms with E-state index in [0.717, 1.165) is 12.1 Å². The SMILES string of the molecule is CC(=O)c1cccc(NC(=O)c2cncc(Nc3ccc(F)cc3F)c2)c1. The lowest BCUT2D eigenvalue weighted by atomic mass is 10.1. The Hall–Kier alpha value is -3.61. The predicted octanol–water partition coefficient (Wildman–Crippen LogP) is 4.56. The summed E-state index contributed by atoms with van der Waals surface area (Å²) in [5.41, 5.74) is 1.61. The Bertz CT molecular complexity index is 1020. The van der Waals surface area contributed by atoms with Crippen LogP contribution in [0.3, 0.4) is 0 Å². The van der Waals surface area contributed by atoms with Crippen LogP contribution in [-0.2, 0) is 0 Å². The second kappa shape index (κ2) is 7.74. The van der Waals surface area contributed by atoms with Crippen LogP contribution in [0.2, 0.25) is 0 Å². The number of nitrogens with zero attached hydrogens (tertiary/aromatic N) is 1. The van der Waals surface area contributed by atoms with Gasteiger partial charge < -0.3 is 10.6 Å². The first-order valence-electron chi connectivity index (χ1n) is 8.02. The highest BCUT2D eigenvalue weighted by molar-refractivity contribution is 6.05. The molecule has 0 saturated carbocycles. The van der Waals surface area contributed by atoms with Crippen molar-refractivity contribution in [2.75, 3.05) is 10.6 Å². The van der Waals surface area contributed by atoms with Crippen LogP contribution in [0.15, 0.2) is 60.9 Å². The minimum atomic E-state index is -0.758. The van der Waals surface area contributed by atoms with E-state index in [4.69, 9.17) is 0 Å². The van der Waals surface area contributed by atoms with Gasteiger partial charge in [0.15, 0.2) is 5.78 Å². The summed E-state index contributed by atoms with van der Waals surface area (Å²) in [4.78, 5) is 27.8. The first-order valence-corrected chi connectivity index (χ1v) is 8.02. The van der Waals surface area contributed by atoms with Gasteiger partial charge in [0.2, 0.25) is 0 Å². The molecule has 0 atom stereocenters. The van der Waals surface area contributed by atoms with Crippen LogP contribution < -0.4 is 10.6 Å². The van der Waals surface area contributed by atoms with Crippen molar-refractivity contribution in [2.45, 2.75) is 6.92 Å². The maximum atomic E-state index is 13.8. The number of aromatic nitrogens is 1. The van der Waals surface area contributed by atoms with Gasteiger partial charge in [-0.15, -0.1) is 0 Å². The number of amides is 1. The average molecular weight is 367 g/mol. The highest BCUT2D eigenvalue weighted by Gasteiger charge is 2.10. The monoisotopic (exact) mass is 367 g/mol. The highest BCUT2D eigenvalue weighted by atomic mass is 19.1. The van der Waals surface area contributed by atoms with Crippen LogP contribution in [0.5, 0.6) is 0 Å². The molecular formula is C20H15F2N3O2. The maximum Gasteiger partial charge on any atom is 0.257 e. The molecule has 2 aromatic carbocycles. The molecule has 0 radical (unpaired) electrons. The molecule has 7 heteroatoms. The zero-order chi connectivity index (χ0) is 19.4. The minimum absolute atomic E-state index is 0.0601. The van der Waals surface area contributed by atoms with E-state index in [1.54, 1.807) is 24.3 Å². The fourth-order valence-corrected chi connectivity index (χ4v) is 2.40. The summed E-state index contributed by atoms with van der Waals surface area (Å²) < 4.78 is 26.7. The number of hydrogen-bond acceptors (Lipinski definition) is 4. The van der Waals surface area contributed by atoms with Gasteiger partial charge in [-0.3, -0.25) is 14.6 Å². The topological polar surface area (TPSA) is 71.1 Å². The number of hydrogen-bond donors (Lipinski definition) is 2. The lowest BCUT2D eigenvalue weighted by Crippen LogP contribution is -2.13. The predicted molar refractivity (Wildman–Crippen MR) is 98.3 cm³/mol. The van der Waals surface area contributed by atoms with Crippen molar-refractivity contribution in [3.63, 3.8) is 0 Å². The summed E-state index contributed by atoms with van der Waals surface area (Å²) in [6.45, 7) is 1.44. The lowest BCUT2D eigenvalue weighted by Gasteiger charge is -2.10. The molecule has 0 fully saturated rings. The number of carbonyl (C=O) groups excluding carboxylic acids is 2. The minimum Gasteiger partial charge on any atom is -0.352 e. The largest absolute Gasteiger partial charge is 0.352 e. The van der Waals surface area contributed by atoms with E-state index in [2.05, 4.69) is 15.6 Å². The third-order valence-electron chi connectivity index (χ3n) is 3.74. The zero-order valence-electron chi connectivity index (χ0n) is 14.3. The smallest absolute Gasteiger partial charge is 0.257 e. The molecule has 27 heavy (non-hydrogen) atoms. The second-order valence-corrected chi connectivity index (χ2v) is 5.80. The van der Waals surface area contributed by atoms with Crippen molar-refractivity contribution in [1.29, 1.82) is 0 Å². The number of pyridine rings is 1. The van der Waals surface area contributed by atoms with Gasteiger partial charge in [-0.25, -0.2) is 8.78 Å². The second-order valence-electron chi connectivity index (χ2n) is 5.80. The van der Waals surface area contributed by atoms with Crippen molar-refractivity contribution < 1.29 is 18.4 Å². The van der Waals surface area contributed by atoms with Crippen molar-refractivity contribution >= 4 is 28.8 Å². The molecule has 1 heterocycles. The summed E-state index contributed by atoms with van der Waals surface area (Å²) in [6.07, 6.45) is 2.77. The number of ketones is 1. The van der Waals surface area contributed by atoms with Crippen LogP contribution in [0.4, 0.5) is 25.8 Å². The third-order valence-corrected chi connectivity index (χ3v) is 3.74. The quantitative estimate of drug-likeness (QED) is 0.649. The first kappa shape index (κ1) is 18.2. The molecule has 0 aliphatic carbocycles. The van der Waals surface area contributed by atoms with Crippen molar-refractivity contribution in [3.8, 4) is 0 Å². The number of halogens is 2. The van der Waals surface area contributed by atoms with E-state index in [1.165, 1.54) is 31.5 Å². The Kier molecular flexibility index (Phi) is 5.21. The van der Waals surface area contributed by atoms with E-state index in [0.29, 0.717) is 16.9 Å². The Morgan fingerprint density at radius 1 is 0.926 bits per heavy atom. The van der Waals surface area contributed by atoms with Crippen molar-refractivity contribution in [3.05, 3.63) is 83.7 Å². The molecule has 5 nitrogen and oxygen atoms in total. The Balaban J connectivity index is 1.77. The number of anilines is 3. The van der Waals surface area contributed by atoms with Gasteiger partial charge in [0, 0.05) is 23.5 Å². The molecule has 0 saturated heterocycles. The molecule has 3 rings (SSSR count). The van der Waals surface area contributed by atoms with Gasteiger partial charge in [0.25, 0.3) is 5.91 Å². The lowest BCUT2D eigenvalue weighted by molar-refractivity contribution is 0.101. The molecule has 1 aromatic heterocycles. The fraction of sp³-hybridized carbons (Fsp3) is 0.0500. The van der Waals surface area contributed by atoms with E-state index < -0.39 is 17.5 Å². The highest BCUT2D eigenvalue weighted by Crippen LogP contribution is 2.21. The maximum absolute atomic E-state index is 13.8. The number of Topliss-reactive ketones (excluding diaryl/α,β-unsaturated/α-hetero) is 1. The summed E-state index contributed by atoms with van der Waals surface area (Å²) >= 11 is 0. The number of rotatable bonds is 5. The Labute approximate surface area is 154 Å². The molecule has 136 valence electrons. The van der Waals surface area contributed by atoms with E-state index in [9.17, 15) is 18.4 Å². The average Bonchev–Trinajstić information content (AvgIpc) is 2.64. The molecule has 2 N–H and O–H groups in total. The summed E-state index contributed by atoms with van der Waals surface area (Å²) in [5.74, 6) is -1.99. The zero-order valence-corrected chi connectivity index (χ0v) is 14.3. The normalized spacial score (nSPS) is 10.3. The van der Waals surface area contributed by atoms with Gasteiger partial charge in [0.05, 0.1) is 23.1 Å². The van der Waals surface area contributed by atoms with E-state index in [1.807, 2.05) is 0 Å². The molecule has 0 bridgehead atoms. The Morgan fingerprint density at radius 3 is 2.44 bits per heavy atom. The van der Waals surface area contributed by atoms with Gasteiger partial charge in [-0.1, -0.05) is 12.1 Å². The molecule has 0 aliphatic rings. The van der Waals surface area contributed by atoms with Crippen molar-refractivity contribution in [1.82, 2.24) is 4.98 Å². The molecule has 0 aliphatic heterocycles. The molecule has 0 spiro atoms. The summed E-state index contributed by atoms with van der Waals surface area (Å²) in [7, 11) is 0. The summed E-state index contributed by atoms with van der Waals surface area (Å²) in [6, 6.07) is 11.2. The molecule has 1 amide bonds. The molecule has 0 unspecified atom stereocenters. The number of benzene rings is 2.